The van der Waals surface area contributed by atoms with Gasteiger partial charge in [0, 0.05) is 38.2 Å². The van der Waals surface area contributed by atoms with Crippen molar-refractivity contribution in [1.29, 1.82) is 0 Å². The van der Waals surface area contributed by atoms with E-state index in [-0.39, 0.29) is 12.5 Å². The summed E-state index contributed by atoms with van der Waals surface area (Å²) in [6, 6.07) is 1.76. The van der Waals surface area contributed by atoms with Gasteiger partial charge in [0.15, 0.2) is 0 Å². The molecule has 24 heavy (non-hydrogen) atoms. The number of rotatable bonds is 5. The van der Waals surface area contributed by atoms with E-state index in [4.69, 9.17) is 0 Å². The molecule has 0 aliphatic carbocycles. The number of piperidine rings is 1. The Labute approximate surface area is 140 Å². The maximum atomic E-state index is 12.2. The molecule has 0 unspecified atom stereocenters. The Kier molecular flexibility index (Phi) is 4.75. The molecule has 2 aromatic heterocycles. The maximum Gasteiger partial charge on any atom is 0.254 e. The number of anilines is 1. The fraction of sp³-hybridized carbons (Fsp3) is 0.500. The molecule has 1 atom stereocenters. The average molecular weight is 330 g/mol. The molecule has 0 aromatic carbocycles. The van der Waals surface area contributed by atoms with Gasteiger partial charge in [0.25, 0.3) is 5.91 Å². The number of nitrogens with one attached hydrogen (secondary N) is 1. The third-order valence-corrected chi connectivity index (χ3v) is 4.19. The summed E-state index contributed by atoms with van der Waals surface area (Å²) in [7, 11) is 0. The first-order valence-corrected chi connectivity index (χ1v) is 8.15. The van der Waals surface area contributed by atoms with Crippen LogP contribution in [-0.2, 0) is 6.54 Å². The van der Waals surface area contributed by atoms with Gasteiger partial charge in [0.2, 0.25) is 5.95 Å². The van der Waals surface area contributed by atoms with Crippen LogP contribution in [0, 0.1) is 0 Å². The molecule has 2 aromatic rings. The van der Waals surface area contributed by atoms with Gasteiger partial charge in [0.05, 0.1) is 23.9 Å². The number of carbonyl (C=O) groups excluding carboxylic acids is 1. The molecule has 0 spiro atoms. The molecule has 8 nitrogen and oxygen atoms in total. The normalized spacial score (nSPS) is 20.8. The van der Waals surface area contributed by atoms with Crippen LogP contribution in [0.25, 0.3) is 0 Å². The van der Waals surface area contributed by atoms with Gasteiger partial charge in [-0.2, -0.15) is 5.10 Å². The molecule has 1 aliphatic rings. The molecule has 0 radical (unpaired) electrons. The van der Waals surface area contributed by atoms with E-state index in [1.807, 2.05) is 11.8 Å². The number of β-amino-alcohol motifs (C(OH)–C–C–N with tert-alkyl or cyclic N) is 1. The lowest BCUT2D eigenvalue weighted by Gasteiger charge is -2.39. The van der Waals surface area contributed by atoms with Gasteiger partial charge in [-0.3, -0.25) is 9.48 Å². The number of amides is 1. The first-order chi connectivity index (χ1) is 11.6. The second kappa shape index (κ2) is 6.96. The number of carbonyl (C=O) groups is 1. The minimum atomic E-state index is -0.992. The zero-order chi connectivity index (χ0) is 17.0. The summed E-state index contributed by atoms with van der Waals surface area (Å²) in [5, 5.41) is 17.7. The predicted octanol–water partition coefficient (Wildman–Crippen LogP) is 0.454. The molecule has 1 aliphatic heterocycles. The quantitative estimate of drug-likeness (QED) is 0.826. The summed E-state index contributed by atoms with van der Waals surface area (Å²) in [6.45, 7) is 4.05. The maximum absolute atomic E-state index is 12.2. The van der Waals surface area contributed by atoms with Crippen molar-refractivity contribution in [2.75, 3.05) is 24.5 Å². The second-order valence-corrected chi connectivity index (χ2v) is 6.07. The molecule has 1 fully saturated rings. The first-order valence-electron chi connectivity index (χ1n) is 8.15. The van der Waals surface area contributed by atoms with Gasteiger partial charge < -0.3 is 15.3 Å². The number of nitrogens with zero attached hydrogens (tertiary/aromatic N) is 5. The Balaban J connectivity index is 1.60. The summed E-state index contributed by atoms with van der Waals surface area (Å²) in [5.41, 5.74) is -0.493. The highest BCUT2D eigenvalue weighted by Crippen LogP contribution is 2.23. The van der Waals surface area contributed by atoms with Crippen molar-refractivity contribution >= 4 is 11.9 Å². The summed E-state index contributed by atoms with van der Waals surface area (Å²) >= 11 is 0. The van der Waals surface area contributed by atoms with E-state index in [2.05, 4.69) is 20.4 Å². The molecule has 0 saturated carbocycles. The van der Waals surface area contributed by atoms with Crippen molar-refractivity contribution in [2.45, 2.75) is 31.9 Å². The van der Waals surface area contributed by atoms with E-state index >= 15 is 0 Å². The average Bonchev–Trinajstić information content (AvgIpc) is 3.10. The first kappa shape index (κ1) is 16.4. The standard InChI is InChI=1S/C16H22N6O2/c1-2-22-10-13(9-20-22)14(23)19-11-16(24)5-3-8-21(12-16)15-17-6-4-7-18-15/h4,6-7,9-10,24H,2-3,5,8,11-12H2,1H3,(H,19,23)/t16-/m0/s1. The van der Waals surface area contributed by atoms with Crippen LogP contribution < -0.4 is 10.2 Å². The van der Waals surface area contributed by atoms with Crippen LogP contribution in [0.2, 0.25) is 0 Å². The number of hydrogen-bond acceptors (Lipinski definition) is 6. The minimum absolute atomic E-state index is 0.187. The molecular weight excluding hydrogens is 308 g/mol. The lowest BCUT2D eigenvalue weighted by atomic mass is 9.93. The molecule has 3 heterocycles. The minimum Gasteiger partial charge on any atom is -0.386 e. The SMILES string of the molecule is CCn1cc(C(=O)NC[C@@]2(O)CCCN(c3ncccn3)C2)cn1. The van der Waals surface area contributed by atoms with Gasteiger partial charge in [-0.15, -0.1) is 0 Å². The molecule has 8 heteroatoms. The fourth-order valence-corrected chi connectivity index (χ4v) is 2.88. The zero-order valence-electron chi connectivity index (χ0n) is 13.7. The summed E-state index contributed by atoms with van der Waals surface area (Å²) in [5.74, 6) is 0.377. The van der Waals surface area contributed by atoms with Gasteiger partial charge in [-0.1, -0.05) is 0 Å². The lowest BCUT2D eigenvalue weighted by Crippen LogP contribution is -2.54. The summed E-state index contributed by atoms with van der Waals surface area (Å²) in [4.78, 5) is 22.6. The van der Waals surface area contributed by atoms with Crippen LogP contribution in [0.3, 0.4) is 0 Å². The van der Waals surface area contributed by atoms with Gasteiger partial charge in [-0.25, -0.2) is 9.97 Å². The Morgan fingerprint density at radius 3 is 2.92 bits per heavy atom. The molecule has 1 saturated heterocycles. The van der Waals surface area contributed by atoms with E-state index in [1.165, 1.54) is 6.20 Å². The van der Waals surface area contributed by atoms with E-state index in [0.717, 1.165) is 13.0 Å². The van der Waals surface area contributed by atoms with Crippen LogP contribution in [0.5, 0.6) is 0 Å². The molecular formula is C16H22N6O2. The Morgan fingerprint density at radius 2 is 2.21 bits per heavy atom. The summed E-state index contributed by atoms with van der Waals surface area (Å²) < 4.78 is 1.69. The third-order valence-electron chi connectivity index (χ3n) is 4.19. The molecule has 1 amide bonds. The van der Waals surface area contributed by atoms with E-state index < -0.39 is 5.60 Å². The van der Waals surface area contributed by atoms with Crippen molar-refractivity contribution in [3.05, 3.63) is 36.4 Å². The van der Waals surface area contributed by atoms with Crippen molar-refractivity contribution in [1.82, 2.24) is 25.1 Å². The molecule has 3 rings (SSSR count). The molecule has 0 bridgehead atoms. The van der Waals surface area contributed by atoms with Gasteiger partial charge in [0.1, 0.15) is 0 Å². The molecule has 128 valence electrons. The predicted molar refractivity (Wildman–Crippen MR) is 88.7 cm³/mol. The summed E-state index contributed by atoms with van der Waals surface area (Å²) in [6.07, 6.45) is 8.05. The fourth-order valence-electron chi connectivity index (χ4n) is 2.88. The van der Waals surface area contributed by atoms with E-state index in [9.17, 15) is 9.90 Å². The van der Waals surface area contributed by atoms with Gasteiger partial charge >= 0.3 is 0 Å². The lowest BCUT2D eigenvalue weighted by molar-refractivity contribution is 0.0252. The van der Waals surface area contributed by atoms with Crippen LogP contribution in [0.4, 0.5) is 5.95 Å². The second-order valence-electron chi connectivity index (χ2n) is 6.07. The van der Waals surface area contributed by atoms with Crippen molar-refractivity contribution in [3.8, 4) is 0 Å². The largest absolute Gasteiger partial charge is 0.386 e. The highest BCUT2D eigenvalue weighted by atomic mass is 16.3. The highest BCUT2D eigenvalue weighted by Gasteiger charge is 2.34. The zero-order valence-corrected chi connectivity index (χ0v) is 13.7. The number of aromatic nitrogens is 4. The Morgan fingerprint density at radius 1 is 1.42 bits per heavy atom. The van der Waals surface area contributed by atoms with Gasteiger partial charge in [-0.05, 0) is 25.8 Å². The van der Waals surface area contributed by atoms with Crippen LogP contribution in [0.1, 0.15) is 30.1 Å². The number of aliphatic hydroxyl groups is 1. The van der Waals surface area contributed by atoms with E-state index in [1.54, 1.807) is 29.3 Å². The monoisotopic (exact) mass is 330 g/mol. The Hall–Kier alpha value is -2.48. The van der Waals surface area contributed by atoms with E-state index in [0.29, 0.717) is 31.0 Å². The Bertz CT molecular complexity index is 689. The van der Waals surface area contributed by atoms with Crippen molar-refractivity contribution < 1.29 is 9.90 Å². The number of hydrogen-bond donors (Lipinski definition) is 2. The van der Waals surface area contributed by atoms with Crippen molar-refractivity contribution in [2.24, 2.45) is 0 Å². The topological polar surface area (TPSA) is 96.2 Å². The van der Waals surface area contributed by atoms with Crippen LogP contribution in [-0.4, -0.2) is 56.0 Å². The van der Waals surface area contributed by atoms with Crippen LogP contribution >= 0.6 is 0 Å². The van der Waals surface area contributed by atoms with Crippen LogP contribution in [0.15, 0.2) is 30.9 Å². The van der Waals surface area contributed by atoms with Crippen molar-refractivity contribution in [3.63, 3.8) is 0 Å². The number of aryl methyl sites for hydroxylation is 1. The third kappa shape index (κ3) is 3.70. The smallest absolute Gasteiger partial charge is 0.254 e. The molecule has 2 N–H and O–H groups in total. The highest BCUT2D eigenvalue weighted by molar-refractivity contribution is 5.93.